The van der Waals surface area contributed by atoms with Gasteiger partial charge in [-0.15, -0.1) is 11.3 Å². The van der Waals surface area contributed by atoms with Crippen LogP contribution in [0.2, 0.25) is 0 Å². The van der Waals surface area contributed by atoms with Crippen molar-refractivity contribution in [3.63, 3.8) is 0 Å². The summed E-state index contributed by atoms with van der Waals surface area (Å²) in [7, 11) is -3.06. The van der Waals surface area contributed by atoms with Crippen molar-refractivity contribution in [3.05, 3.63) is 46.0 Å². The summed E-state index contributed by atoms with van der Waals surface area (Å²) in [4.78, 5) is 15.2. The maximum absolute atomic E-state index is 12.9. The molecule has 0 bridgehead atoms. The Morgan fingerprint density at radius 2 is 2.16 bits per heavy atom. The van der Waals surface area contributed by atoms with Gasteiger partial charge in [0.15, 0.2) is 9.84 Å². The molecule has 0 aromatic carbocycles. The van der Waals surface area contributed by atoms with E-state index in [4.69, 9.17) is 4.42 Å². The van der Waals surface area contributed by atoms with Crippen LogP contribution in [0.25, 0.3) is 0 Å². The second kappa shape index (κ2) is 6.29. The zero-order valence-corrected chi connectivity index (χ0v) is 15.7. The van der Waals surface area contributed by atoms with Crippen molar-refractivity contribution in [1.82, 2.24) is 4.90 Å². The molecular formula is C18H21NO4S2. The van der Waals surface area contributed by atoms with Gasteiger partial charge in [-0.1, -0.05) is 13.0 Å². The van der Waals surface area contributed by atoms with Crippen LogP contribution in [0.5, 0.6) is 0 Å². The molecule has 1 aliphatic heterocycles. The van der Waals surface area contributed by atoms with Gasteiger partial charge in [0.2, 0.25) is 0 Å². The van der Waals surface area contributed by atoms with Gasteiger partial charge in [0.25, 0.3) is 5.91 Å². The van der Waals surface area contributed by atoms with Crippen molar-refractivity contribution < 1.29 is 17.6 Å². The third-order valence-corrected chi connectivity index (χ3v) is 7.73. The van der Waals surface area contributed by atoms with E-state index in [2.05, 4.69) is 6.92 Å². The molecule has 2 aromatic heterocycles. The number of hydrogen-bond acceptors (Lipinski definition) is 5. The first-order valence-corrected chi connectivity index (χ1v) is 11.3. The minimum absolute atomic E-state index is 0.0390. The van der Waals surface area contributed by atoms with Gasteiger partial charge in [0.1, 0.15) is 11.5 Å². The summed E-state index contributed by atoms with van der Waals surface area (Å²) in [6.45, 7) is 2.51. The molecule has 0 spiro atoms. The summed E-state index contributed by atoms with van der Waals surface area (Å²) in [5, 5.41) is 1.86. The van der Waals surface area contributed by atoms with Gasteiger partial charge in [0.05, 0.1) is 22.9 Å². The molecule has 2 aromatic rings. The third-order valence-electron chi connectivity index (χ3n) is 5.13. The number of carbonyl (C=O) groups is 1. The van der Waals surface area contributed by atoms with Crippen LogP contribution < -0.4 is 0 Å². The highest BCUT2D eigenvalue weighted by atomic mass is 32.2. The standard InChI is InChI=1S/C18H21NO4S2/c1-12-9-15(12)16-5-4-14(23-16)10-19(13-6-8-25(21,22)11-13)18(20)17-3-2-7-24-17/h2-5,7,12-13,15H,6,8-11H2,1H3. The number of thiophene rings is 1. The molecule has 7 heteroatoms. The van der Waals surface area contributed by atoms with Gasteiger partial charge >= 0.3 is 0 Å². The van der Waals surface area contributed by atoms with E-state index in [9.17, 15) is 13.2 Å². The second-order valence-electron chi connectivity index (χ2n) is 7.09. The first kappa shape index (κ1) is 16.8. The predicted molar refractivity (Wildman–Crippen MR) is 96.5 cm³/mol. The maximum Gasteiger partial charge on any atom is 0.264 e. The molecule has 3 heterocycles. The molecule has 3 atom stereocenters. The van der Waals surface area contributed by atoms with Crippen LogP contribution in [0, 0.1) is 5.92 Å². The fraction of sp³-hybridized carbons (Fsp3) is 0.500. The van der Waals surface area contributed by atoms with Crippen molar-refractivity contribution in [2.75, 3.05) is 11.5 Å². The van der Waals surface area contributed by atoms with Crippen LogP contribution in [0.4, 0.5) is 0 Å². The summed E-state index contributed by atoms with van der Waals surface area (Å²) < 4.78 is 29.7. The SMILES string of the molecule is CC1CC1c1ccc(CN(C(=O)c2cccs2)C2CCS(=O)(=O)C2)o1. The predicted octanol–water partition coefficient (Wildman–Crippen LogP) is 3.29. The summed E-state index contributed by atoms with van der Waals surface area (Å²) in [6.07, 6.45) is 1.64. The van der Waals surface area contributed by atoms with E-state index in [1.807, 2.05) is 23.6 Å². The molecule has 1 saturated carbocycles. The van der Waals surface area contributed by atoms with Crippen molar-refractivity contribution in [2.45, 2.75) is 38.3 Å². The fourth-order valence-corrected chi connectivity index (χ4v) is 5.90. The zero-order valence-electron chi connectivity index (χ0n) is 14.1. The average Bonchev–Trinajstić information content (AvgIpc) is 3.02. The topological polar surface area (TPSA) is 67.6 Å². The Hall–Kier alpha value is -1.60. The maximum atomic E-state index is 12.9. The highest BCUT2D eigenvalue weighted by Crippen LogP contribution is 2.47. The quantitative estimate of drug-likeness (QED) is 0.799. The molecule has 1 aliphatic carbocycles. The summed E-state index contributed by atoms with van der Waals surface area (Å²) >= 11 is 1.38. The van der Waals surface area contributed by atoms with E-state index in [0.717, 1.165) is 17.9 Å². The van der Waals surface area contributed by atoms with E-state index in [1.165, 1.54) is 11.3 Å². The Morgan fingerprint density at radius 1 is 1.36 bits per heavy atom. The second-order valence-corrected chi connectivity index (χ2v) is 10.3. The summed E-state index contributed by atoms with van der Waals surface area (Å²) in [5.41, 5.74) is 0. The molecule has 1 amide bonds. The molecular weight excluding hydrogens is 358 g/mol. The Bertz CT molecular complexity index is 869. The molecule has 1 saturated heterocycles. The van der Waals surface area contributed by atoms with Gasteiger partial charge in [-0.25, -0.2) is 8.42 Å². The number of carbonyl (C=O) groups excluding carboxylic acids is 1. The van der Waals surface area contributed by atoms with Crippen molar-refractivity contribution >= 4 is 27.1 Å². The first-order valence-electron chi connectivity index (χ1n) is 8.56. The number of hydrogen-bond donors (Lipinski definition) is 0. The van der Waals surface area contributed by atoms with Gasteiger partial charge in [-0.3, -0.25) is 4.79 Å². The lowest BCUT2D eigenvalue weighted by Gasteiger charge is -2.27. The molecule has 0 N–H and O–H groups in total. The zero-order chi connectivity index (χ0) is 17.6. The van der Waals surface area contributed by atoms with Gasteiger partial charge < -0.3 is 9.32 Å². The van der Waals surface area contributed by atoms with Gasteiger partial charge in [-0.05, 0) is 42.3 Å². The first-order chi connectivity index (χ1) is 11.9. The lowest BCUT2D eigenvalue weighted by Crippen LogP contribution is -2.40. The molecule has 134 valence electrons. The largest absolute Gasteiger partial charge is 0.464 e. The van der Waals surface area contributed by atoms with Crippen LogP contribution in [-0.4, -0.2) is 36.8 Å². The van der Waals surface area contributed by atoms with E-state index in [-0.39, 0.29) is 23.5 Å². The van der Waals surface area contributed by atoms with E-state index >= 15 is 0 Å². The summed E-state index contributed by atoms with van der Waals surface area (Å²) in [5.74, 6) is 2.92. The fourth-order valence-electron chi connectivity index (χ4n) is 3.49. The average molecular weight is 380 g/mol. The van der Waals surface area contributed by atoms with Crippen molar-refractivity contribution in [3.8, 4) is 0 Å². The van der Waals surface area contributed by atoms with E-state index in [0.29, 0.717) is 29.7 Å². The van der Waals surface area contributed by atoms with Crippen LogP contribution in [0.15, 0.2) is 34.1 Å². The Labute approximate surface area is 151 Å². The molecule has 3 unspecified atom stereocenters. The lowest BCUT2D eigenvalue weighted by molar-refractivity contribution is 0.0670. The van der Waals surface area contributed by atoms with Crippen LogP contribution in [0.3, 0.4) is 0 Å². The molecule has 2 aliphatic rings. The Morgan fingerprint density at radius 3 is 2.76 bits per heavy atom. The van der Waals surface area contributed by atoms with Crippen molar-refractivity contribution in [2.24, 2.45) is 5.92 Å². The number of nitrogens with zero attached hydrogens (tertiary/aromatic N) is 1. The molecule has 5 nitrogen and oxygen atoms in total. The molecule has 4 rings (SSSR count). The Balaban J connectivity index is 1.56. The smallest absolute Gasteiger partial charge is 0.264 e. The monoisotopic (exact) mass is 379 g/mol. The minimum Gasteiger partial charge on any atom is -0.464 e. The van der Waals surface area contributed by atoms with Gasteiger partial charge in [0, 0.05) is 12.0 Å². The van der Waals surface area contributed by atoms with E-state index in [1.54, 1.807) is 11.0 Å². The number of amides is 1. The minimum atomic E-state index is -3.06. The van der Waals surface area contributed by atoms with Crippen LogP contribution in [0.1, 0.15) is 46.9 Å². The lowest BCUT2D eigenvalue weighted by atomic mass is 10.2. The van der Waals surface area contributed by atoms with Gasteiger partial charge in [-0.2, -0.15) is 0 Å². The number of furan rings is 1. The molecule has 0 radical (unpaired) electrons. The molecule has 25 heavy (non-hydrogen) atoms. The molecule has 2 fully saturated rings. The highest BCUT2D eigenvalue weighted by Gasteiger charge is 2.38. The number of sulfone groups is 1. The van der Waals surface area contributed by atoms with Crippen molar-refractivity contribution in [1.29, 1.82) is 0 Å². The van der Waals surface area contributed by atoms with E-state index < -0.39 is 9.84 Å². The third kappa shape index (κ3) is 3.53. The number of rotatable bonds is 5. The normalized spacial score (nSPS) is 27.3. The highest BCUT2D eigenvalue weighted by molar-refractivity contribution is 7.91. The van der Waals surface area contributed by atoms with Crippen LogP contribution >= 0.6 is 11.3 Å². The Kier molecular flexibility index (Phi) is 4.24. The van der Waals surface area contributed by atoms with Crippen LogP contribution in [-0.2, 0) is 16.4 Å². The summed E-state index contributed by atoms with van der Waals surface area (Å²) in [6, 6.07) is 7.23.